The van der Waals surface area contributed by atoms with Crippen molar-refractivity contribution in [1.29, 1.82) is 0 Å². The van der Waals surface area contributed by atoms with E-state index in [1.165, 1.54) is 218 Å². The van der Waals surface area contributed by atoms with E-state index in [1.807, 2.05) is 0 Å². The van der Waals surface area contributed by atoms with Gasteiger partial charge in [-0.2, -0.15) is 0 Å². The first-order valence-electron chi connectivity index (χ1n) is 42.2. The van der Waals surface area contributed by atoms with E-state index in [4.69, 9.17) is 37.0 Å². The van der Waals surface area contributed by atoms with Crippen LogP contribution >= 0.6 is 15.6 Å². The normalized spacial score (nSPS) is 14.0. The smallest absolute Gasteiger partial charge is 0.462 e. The molecule has 0 aromatic heterocycles. The van der Waals surface area contributed by atoms with Gasteiger partial charge in [-0.3, -0.25) is 37.3 Å². The number of phosphoric ester groups is 2. The lowest BCUT2D eigenvalue weighted by Crippen LogP contribution is -2.30. The molecule has 3 N–H and O–H groups in total. The van der Waals surface area contributed by atoms with Gasteiger partial charge in [-0.15, -0.1) is 0 Å². The minimum atomic E-state index is -4.96. The van der Waals surface area contributed by atoms with E-state index in [0.29, 0.717) is 31.6 Å². The Kier molecular flexibility index (Phi) is 69.6. The molecule has 0 saturated heterocycles. The van der Waals surface area contributed by atoms with Crippen molar-refractivity contribution >= 4 is 39.5 Å². The van der Waals surface area contributed by atoms with Crippen LogP contribution in [-0.2, 0) is 65.4 Å². The number of aliphatic hydroxyl groups excluding tert-OH is 1. The molecule has 0 aliphatic heterocycles. The van der Waals surface area contributed by atoms with Crippen LogP contribution in [0, 0.1) is 23.7 Å². The molecule has 0 aromatic carbocycles. The SMILES string of the molecule is CC(C)CCCCCCCCCCCCCCCCCC(=O)O[C@H](COC(=O)CCCCCCCCCCCCCCCCC(C)C)COP(=O)(O)OCC(O)COP(=O)(O)OC[C@@H](COC(=O)CCCCCCCCC(C)C)OC(=O)CCCCCCCCCCCCCCCCC(C)C. The number of hydrogen-bond acceptors (Lipinski definition) is 15. The average molecular weight is 1480 g/mol. The predicted octanol–water partition coefficient (Wildman–Crippen LogP) is 24.4. The third kappa shape index (κ3) is 76.1. The number of unbranched alkanes of at least 4 members (excludes halogenated alkanes) is 45. The van der Waals surface area contributed by atoms with Crippen molar-refractivity contribution in [2.45, 2.75) is 440 Å². The third-order valence-corrected chi connectivity index (χ3v) is 21.0. The Balaban J connectivity index is 5.23. The zero-order chi connectivity index (χ0) is 74.6. The van der Waals surface area contributed by atoms with Crippen molar-refractivity contribution in [2.24, 2.45) is 23.7 Å². The van der Waals surface area contributed by atoms with E-state index in [2.05, 4.69) is 55.4 Å². The highest BCUT2D eigenvalue weighted by atomic mass is 31.2. The maximum absolute atomic E-state index is 13.1. The molecule has 600 valence electrons. The van der Waals surface area contributed by atoms with Gasteiger partial charge in [-0.25, -0.2) is 9.13 Å². The monoisotopic (exact) mass is 1480 g/mol. The molecule has 0 fully saturated rings. The molecule has 0 aromatic rings. The fraction of sp³-hybridized carbons (Fsp3) is 0.951. The molecule has 0 spiro atoms. The van der Waals surface area contributed by atoms with Crippen molar-refractivity contribution in [3.8, 4) is 0 Å². The average Bonchev–Trinajstić information content (AvgIpc) is 0.969. The highest BCUT2D eigenvalue weighted by Gasteiger charge is 2.30. The number of rotatable bonds is 79. The molecule has 0 radical (unpaired) electrons. The van der Waals surface area contributed by atoms with Crippen molar-refractivity contribution in [3.63, 3.8) is 0 Å². The lowest BCUT2D eigenvalue weighted by atomic mass is 10.0. The summed E-state index contributed by atoms with van der Waals surface area (Å²) in [4.78, 5) is 73.0. The maximum Gasteiger partial charge on any atom is 0.472 e. The van der Waals surface area contributed by atoms with Crippen LogP contribution in [0.15, 0.2) is 0 Å². The Hall–Kier alpha value is -1.94. The summed E-state index contributed by atoms with van der Waals surface area (Å²) in [5.41, 5.74) is 0. The number of carbonyl (C=O) groups is 4. The molecule has 101 heavy (non-hydrogen) atoms. The van der Waals surface area contributed by atoms with Gasteiger partial charge < -0.3 is 33.8 Å². The van der Waals surface area contributed by atoms with Gasteiger partial charge in [0.1, 0.15) is 19.3 Å². The van der Waals surface area contributed by atoms with Crippen molar-refractivity contribution in [3.05, 3.63) is 0 Å². The summed E-state index contributed by atoms with van der Waals surface area (Å²) < 4.78 is 68.7. The van der Waals surface area contributed by atoms with Crippen LogP contribution < -0.4 is 0 Å². The van der Waals surface area contributed by atoms with Crippen molar-refractivity contribution < 1.29 is 80.2 Å². The quantitative estimate of drug-likeness (QED) is 0.0222. The Morgan fingerprint density at radius 3 is 0.614 bits per heavy atom. The summed E-state index contributed by atoms with van der Waals surface area (Å²) in [6.07, 6.45) is 58.4. The number of aliphatic hydroxyl groups is 1. The summed E-state index contributed by atoms with van der Waals surface area (Å²) in [7, 11) is -9.92. The molecule has 19 heteroatoms. The van der Waals surface area contributed by atoms with Gasteiger partial charge in [0.25, 0.3) is 0 Å². The van der Waals surface area contributed by atoms with Crippen LogP contribution in [0.1, 0.15) is 421 Å². The molecular formula is C82H160O17P2. The fourth-order valence-electron chi connectivity index (χ4n) is 12.6. The largest absolute Gasteiger partial charge is 0.472 e. The zero-order valence-electron chi connectivity index (χ0n) is 66.5. The summed E-state index contributed by atoms with van der Waals surface area (Å²) in [6.45, 7) is 14.2. The minimum Gasteiger partial charge on any atom is -0.462 e. The Morgan fingerprint density at radius 2 is 0.416 bits per heavy atom. The van der Waals surface area contributed by atoms with Crippen LogP contribution in [-0.4, -0.2) is 96.7 Å². The Labute approximate surface area is 619 Å². The first kappa shape index (κ1) is 99.1. The second kappa shape index (κ2) is 71.0. The van der Waals surface area contributed by atoms with E-state index < -0.39 is 97.5 Å². The number of hydrogen-bond donors (Lipinski definition) is 3. The lowest BCUT2D eigenvalue weighted by Gasteiger charge is -2.21. The topological polar surface area (TPSA) is 237 Å². The van der Waals surface area contributed by atoms with Gasteiger partial charge in [-0.1, -0.05) is 370 Å². The van der Waals surface area contributed by atoms with Gasteiger partial charge in [0, 0.05) is 25.7 Å². The standard InChI is InChI=1S/C82H160O17P2/c1-72(2)58-50-42-34-28-22-16-10-9-11-20-26-32-38-48-56-64-81(86)98-77(68-92-79(84)62-54-46-37-31-25-19-14-12-17-23-29-35-43-51-59-73(3)4)70-96-100(88,89)94-66-76(83)67-95-101(90,91)97-71-78(69-93-80(85)63-55-47-41-40-45-53-61-75(7)8)99-82(87)65-57-49-39-33-27-21-15-13-18-24-30-36-44-52-60-74(5)6/h72-78,83H,9-71H2,1-8H3,(H,88,89)(H,90,91)/t76?,77-,78-/m1/s1. The van der Waals surface area contributed by atoms with Crippen LogP contribution in [0.3, 0.4) is 0 Å². The fourth-order valence-corrected chi connectivity index (χ4v) is 14.2. The summed E-state index contributed by atoms with van der Waals surface area (Å²) in [5, 5.41) is 10.6. The number of esters is 4. The van der Waals surface area contributed by atoms with E-state index in [9.17, 15) is 43.2 Å². The zero-order valence-corrected chi connectivity index (χ0v) is 68.3. The van der Waals surface area contributed by atoms with Gasteiger partial charge in [0.2, 0.25) is 0 Å². The van der Waals surface area contributed by atoms with E-state index in [-0.39, 0.29) is 25.7 Å². The molecular weight excluding hydrogens is 1320 g/mol. The second-order valence-electron chi connectivity index (χ2n) is 31.4. The number of ether oxygens (including phenoxy) is 4. The molecule has 0 saturated carbocycles. The second-order valence-corrected chi connectivity index (χ2v) is 34.3. The van der Waals surface area contributed by atoms with E-state index >= 15 is 0 Å². The highest BCUT2D eigenvalue weighted by Crippen LogP contribution is 2.45. The van der Waals surface area contributed by atoms with Gasteiger partial charge in [-0.05, 0) is 49.4 Å². The van der Waals surface area contributed by atoms with E-state index in [0.717, 1.165) is 114 Å². The molecule has 0 rings (SSSR count). The van der Waals surface area contributed by atoms with Crippen LogP contribution in [0.25, 0.3) is 0 Å². The Morgan fingerprint density at radius 1 is 0.248 bits per heavy atom. The van der Waals surface area contributed by atoms with E-state index in [1.54, 1.807) is 0 Å². The van der Waals surface area contributed by atoms with Gasteiger partial charge in [0.15, 0.2) is 12.2 Å². The van der Waals surface area contributed by atoms with Gasteiger partial charge in [0.05, 0.1) is 26.4 Å². The minimum absolute atomic E-state index is 0.106. The highest BCUT2D eigenvalue weighted by molar-refractivity contribution is 7.47. The molecule has 0 aliphatic rings. The summed E-state index contributed by atoms with van der Waals surface area (Å²) >= 11 is 0. The molecule has 0 amide bonds. The first-order chi connectivity index (χ1) is 48.6. The van der Waals surface area contributed by atoms with Crippen molar-refractivity contribution in [2.75, 3.05) is 39.6 Å². The number of carbonyl (C=O) groups excluding carboxylic acids is 4. The van der Waals surface area contributed by atoms with Crippen LogP contribution in [0.5, 0.6) is 0 Å². The maximum atomic E-state index is 13.1. The molecule has 3 unspecified atom stereocenters. The first-order valence-corrected chi connectivity index (χ1v) is 45.2. The summed E-state index contributed by atoms with van der Waals surface area (Å²) in [5.74, 6) is 0.962. The van der Waals surface area contributed by atoms with Gasteiger partial charge >= 0.3 is 39.5 Å². The molecule has 0 heterocycles. The summed E-state index contributed by atoms with van der Waals surface area (Å²) in [6, 6.07) is 0. The van der Waals surface area contributed by atoms with Crippen LogP contribution in [0.4, 0.5) is 0 Å². The van der Waals surface area contributed by atoms with Crippen LogP contribution in [0.2, 0.25) is 0 Å². The number of phosphoric acid groups is 2. The molecule has 0 aliphatic carbocycles. The predicted molar refractivity (Wildman–Crippen MR) is 414 cm³/mol. The van der Waals surface area contributed by atoms with Crippen molar-refractivity contribution in [1.82, 2.24) is 0 Å². The third-order valence-electron chi connectivity index (χ3n) is 19.1. The molecule has 0 bridgehead atoms. The molecule has 5 atom stereocenters. The molecule has 17 nitrogen and oxygen atoms in total. The Bertz CT molecular complexity index is 1970. The lowest BCUT2D eigenvalue weighted by molar-refractivity contribution is -0.161.